The fraction of sp³-hybridized carbons (Fsp3) is 0.750. The van der Waals surface area contributed by atoms with Gasteiger partial charge in [-0.25, -0.2) is 9.86 Å². The molecule has 0 aliphatic rings. The summed E-state index contributed by atoms with van der Waals surface area (Å²) in [6.07, 6.45) is -1.31. The summed E-state index contributed by atoms with van der Waals surface area (Å²) >= 11 is 0. The number of hydrogen-bond acceptors (Lipinski definition) is 4. The van der Waals surface area contributed by atoms with Gasteiger partial charge in [0.2, 0.25) is 6.41 Å². The number of carbonyl (C=O) groups is 2. The molecule has 0 saturated heterocycles. The molecule has 82 valence electrons. The predicted octanol–water partition coefficient (Wildman–Crippen LogP) is -0.380. The standard InChI is InChI=1S/C8H15NO5/c1-8(2,3)14-9(5-10)4-6(11)7(12)13/h5-6,11H,4H2,1-3H3,(H,12,13)/t6-/m0/s1. The number of amides is 1. The van der Waals surface area contributed by atoms with Crippen LogP contribution < -0.4 is 0 Å². The number of carboxylic acid groups (broad SMARTS) is 1. The van der Waals surface area contributed by atoms with Crippen LogP contribution in [0.25, 0.3) is 0 Å². The van der Waals surface area contributed by atoms with E-state index in [4.69, 9.17) is 15.1 Å². The molecule has 0 fully saturated rings. The van der Waals surface area contributed by atoms with Crippen LogP contribution in [0.3, 0.4) is 0 Å². The summed E-state index contributed by atoms with van der Waals surface area (Å²) in [5, 5.41) is 18.1. The average molecular weight is 205 g/mol. The van der Waals surface area contributed by atoms with Crippen LogP contribution in [-0.4, -0.2) is 45.9 Å². The second-order valence-electron chi connectivity index (χ2n) is 3.76. The molecule has 0 unspecified atom stereocenters. The number of hydrogen-bond donors (Lipinski definition) is 2. The van der Waals surface area contributed by atoms with Crippen molar-refractivity contribution in [1.82, 2.24) is 5.06 Å². The van der Waals surface area contributed by atoms with Gasteiger partial charge in [0.25, 0.3) is 0 Å². The molecule has 2 N–H and O–H groups in total. The molecule has 0 aromatic rings. The number of aliphatic carboxylic acids is 1. The summed E-state index contributed by atoms with van der Waals surface area (Å²) in [6, 6.07) is 0. The van der Waals surface area contributed by atoms with Crippen LogP contribution in [0, 0.1) is 0 Å². The monoisotopic (exact) mass is 205 g/mol. The molecular formula is C8H15NO5. The van der Waals surface area contributed by atoms with Crippen LogP contribution in [0.4, 0.5) is 0 Å². The van der Waals surface area contributed by atoms with Crippen LogP contribution in [0.15, 0.2) is 0 Å². The molecule has 14 heavy (non-hydrogen) atoms. The molecular weight excluding hydrogens is 190 g/mol. The maximum Gasteiger partial charge on any atom is 0.334 e. The summed E-state index contributed by atoms with van der Waals surface area (Å²) in [7, 11) is 0. The minimum atomic E-state index is -1.64. The normalized spacial score (nSPS) is 13.4. The Labute approximate surface area is 82.0 Å². The Bertz CT molecular complexity index is 210. The first-order chi connectivity index (χ1) is 6.26. The molecule has 0 aromatic heterocycles. The Balaban J connectivity index is 4.17. The fourth-order valence-corrected chi connectivity index (χ4v) is 0.702. The van der Waals surface area contributed by atoms with Crippen molar-refractivity contribution in [2.75, 3.05) is 6.54 Å². The zero-order valence-corrected chi connectivity index (χ0v) is 8.43. The summed E-state index contributed by atoms with van der Waals surface area (Å²) in [5.74, 6) is -1.39. The van der Waals surface area contributed by atoms with Gasteiger partial charge in [-0.05, 0) is 20.8 Å². The Hall–Kier alpha value is -1.14. The molecule has 0 aliphatic heterocycles. The van der Waals surface area contributed by atoms with Gasteiger partial charge in [0.15, 0.2) is 6.10 Å². The fourth-order valence-electron chi connectivity index (χ4n) is 0.702. The van der Waals surface area contributed by atoms with Crippen LogP contribution in [-0.2, 0) is 14.4 Å². The molecule has 0 bridgehead atoms. The van der Waals surface area contributed by atoms with Gasteiger partial charge < -0.3 is 10.2 Å². The molecule has 0 spiro atoms. The molecule has 0 aliphatic carbocycles. The third-order valence-electron chi connectivity index (χ3n) is 1.15. The maximum atomic E-state index is 10.4. The predicted molar refractivity (Wildman–Crippen MR) is 47.3 cm³/mol. The van der Waals surface area contributed by atoms with Crippen molar-refractivity contribution in [3.8, 4) is 0 Å². The van der Waals surface area contributed by atoms with Gasteiger partial charge in [-0.2, -0.15) is 0 Å². The molecule has 1 atom stereocenters. The minimum Gasteiger partial charge on any atom is -0.479 e. The lowest BCUT2D eigenvalue weighted by Crippen LogP contribution is -2.40. The highest BCUT2D eigenvalue weighted by Crippen LogP contribution is 2.09. The zero-order chi connectivity index (χ0) is 11.4. The first-order valence-corrected chi connectivity index (χ1v) is 4.08. The average Bonchev–Trinajstić information content (AvgIpc) is 2.00. The SMILES string of the molecule is CC(C)(C)ON(C=O)C[C@H](O)C(=O)O. The Morgan fingerprint density at radius 3 is 2.36 bits per heavy atom. The van der Waals surface area contributed by atoms with Crippen molar-refractivity contribution < 1.29 is 24.6 Å². The smallest absolute Gasteiger partial charge is 0.334 e. The summed E-state index contributed by atoms with van der Waals surface area (Å²) in [5.41, 5.74) is -0.612. The molecule has 6 heteroatoms. The van der Waals surface area contributed by atoms with E-state index in [1.165, 1.54) is 0 Å². The number of aliphatic hydroxyl groups excluding tert-OH is 1. The van der Waals surface area contributed by atoms with E-state index in [1.807, 2.05) is 0 Å². The van der Waals surface area contributed by atoms with E-state index in [-0.39, 0.29) is 0 Å². The number of rotatable bonds is 5. The summed E-state index contributed by atoms with van der Waals surface area (Å²) in [4.78, 5) is 25.8. The van der Waals surface area contributed by atoms with Crippen molar-refractivity contribution >= 4 is 12.4 Å². The van der Waals surface area contributed by atoms with Gasteiger partial charge in [0.05, 0.1) is 12.1 Å². The van der Waals surface area contributed by atoms with Crippen molar-refractivity contribution in [3.05, 3.63) is 0 Å². The number of hydroxylamine groups is 2. The highest BCUT2D eigenvalue weighted by Gasteiger charge is 2.21. The summed E-state index contributed by atoms with van der Waals surface area (Å²) < 4.78 is 0. The molecule has 0 aromatic carbocycles. The van der Waals surface area contributed by atoms with E-state index in [0.29, 0.717) is 6.41 Å². The van der Waals surface area contributed by atoms with Gasteiger partial charge in [0.1, 0.15) is 0 Å². The Kier molecular flexibility index (Phi) is 4.52. The van der Waals surface area contributed by atoms with Crippen LogP contribution in [0.5, 0.6) is 0 Å². The van der Waals surface area contributed by atoms with Gasteiger partial charge >= 0.3 is 5.97 Å². The van der Waals surface area contributed by atoms with Gasteiger partial charge in [0, 0.05) is 0 Å². The van der Waals surface area contributed by atoms with Gasteiger partial charge in [-0.15, -0.1) is 0 Å². The highest BCUT2D eigenvalue weighted by atomic mass is 16.7. The number of carbonyl (C=O) groups excluding carboxylic acids is 1. The molecule has 0 saturated carbocycles. The van der Waals surface area contributed by atoms with Crippen molar-refractivity contribution in [2.24, 2.45) is 0 Å². The molecule has 6 nitrogen and oxygen atoms in total. The van der Waals surface area contributed by atoms with E-state index in [9.17, 15) is 9.59 Å². The van der Waals surface area contributed by atoms with Gasteiger partial charge in [-0.3, -0.25) is 9.63 Å². The quantitative estimate of drug-likeness (QED) is 0.472. The lowest BCUT2D eigenvalue weighted by Gasteiger charge is -2.27. The van der Waals surface area contributed by atoms with Gasteiger partial charge in [-0.1, -0.05) is 0 Å². The first-order valence-electron chi connectivity index (χ1n) is 4.08. The van der Waals surface area contributed by atoms with Crippen molar-refractivity contribution in [1.29, 1.82) is 0 Å². The molecule has 0 rings (SSSR count). The van der Waals surface area contributed by atoms with E-state index < -0.39 is 24.2 Å². The zero-order valence-electron chi connectivity index (χ0n) is 8.43. The minimum absolute atomic E-state index is 0.331. The van der Waals surface area contributed by atoms with E-state index in [2.05, 4.69) is 0 Å². The maximum absolute atomic E-state index is 10.4. The Morgan fingerprint density at radius 2 is 2.07 bits per heavy atom. The molecule has 0 radical (unpaired) electrons. The second kappa shape index (κ2) is 4.92. The van der Waals surface area contributed by atoms with E-state index in [1.54, 1.807) is 20.8 Å². The van der Waals surface area contributed by atoms with E-state index in [0.717, 1.165) is 5.06 Å². The van der Waals surface area contributed by atoms with Crippen LogP contribution >= 0.6 is 0 Å². The lowest BCUT2D eigenvalue weighted by molar-refractivity contribution is -0.224. The summed E-state index contributed by atoms with van der Waals surface area (Å²) in [6.45, 7) is 4.72. The number of nitrogens with zero attached hydrogens (tertiary/aromatic N) is 1. The first kappa shape index (κ1) is 12.9. The molecule has 0 heterocycles. The molecule has 1 amide bonds. The topological polar surface area (TPSA) is 87.1 Å². The second-order valence-corrected chi connectivity index (χ2v) is 3.76. The number of aliphatic hydroxyl groups is 1. The van der Waals surface area contributed by atoms with Crippen LogP contribution in [0.2, 0.25) is 0 Å². The van der Waals surface area contributed by atoms with Crippen molar-refractivity contribution in [2.45, 2.75) is 32.5 Å². The van der Waals surface area contributed by atoms with E-state index >= 15 is 0 Å². The lowest BCUT2D eigenvalue weighted by atomic mass is 10.2. The van der Waals surface area contributed by atoms with Crippen molar-refractivity contribution in [3.63, 3.8) is 0 Å². The Morgan fingerprint density at radius 1 is 1.57 bits per heavy atom. The highest BCUT2D eigenvalue weighted by molar-refractivity contribution is 5.72. The third kappa shape index (κ3) is 5.50. The van der Waals surface area contributed by atoms with Crippen LogP contribution in [0.1, 0.15) is 20.8 Å². The number of carboxylic acids is 1. The largest absolute Gasteiger partial charge is 0.479 e. The third-order valence-corrected chi connectivity index (χ3v) is 1.15.